The second kappa shape index (κ2) is 10.4. The quantitative estimate of drug-likeness (QED) is 0.623. The molecule has 3 heterocycles. The molecule has 5 rings (SSSR count). The highest BCUT2D eigenvalue weighted by Crippen LogP contribution is 2.51. The normalized spacial score (nSPS) is 22.7. The lowest BCUT2D eigenvalue weighted by Gasteiger charge is -2.49. The number of amides is 2. The minimum absolute atomic E-state index is 0.0573. The summed E-state index contributed by atoms with van der Waals surface area (Å²) < 4.78 is 53.3. The average molecular weight is 517 g/mol. The van der Waals surface area contributed by atoms with Gasteiger partial charge in [0.2, 0.25) is 11.8 Å². The molecule has 198 valence electrons. The first-order chi connectivity index (χ1) is 17.8. The van der Waals surface area contributed by atoms with Gasteiger partial charge in [0, 0.05) is 37.9 Å². The molecular weight excluding hydrogens is 485 g/mol. The maximum absolute atomic E-state index is 14.0. The van der Waals surface area contributed by atoms with E-state index in [9.17, 15) is 22.8 Å². The van der Waals surface area contributed by atoms with Crippen LogP contribution in [0.2, 0.25) is 0 Å². The molecule has 1 unspecified atom stereocenters. The number of ether oxygens (including phenoxy) is 2. The number of nitrogens with zero attached hydrogens (tertiary/aromatic N) is 1. The van der Waals surface area contributed by atoms with Gasteiger partial charge in [-0.2, -0.15) is 13.2 Å². The molecule has 2 amide bonds. The second-order valence-corrected chi connectivity index (χ2v) is 10.4. The summed E-state index contributed by atoms with van der Waals surface area (Å²) in [5.41, 5.74) is 0.469. The highest BCUT2D eigenvalue weighted by molar-refractivity contribution is 5.85. The summed E-state index contributed by atoms with van der Waals surface area (Å²) in [6.45, 7) is 2.67. The number of alkyl halides is 3. The molecule has 0 saturated carbocycles. The fourth-order valence-electron chi connectivity index (χ4n) is 5.86. The van der Waals surface area contributed by atoms with Crippen molar-refractivity contribution in [3.63, 3.8) is 0 Å². The Morgan fingerprint density at radius 2 is 1.76 bits per heavy atom. The van der Waals surface area contributed by atoms with Crippen LogP contribution in [0.3, 0.4) is 0 Å². The first-order valence-corrected chi connectivity index (χ1v) is 12.7. The SMILES string of the molecule is O=C1CC2(CCN(C(=O)[C@H](c3ccccc3)C(F)(F)F)CC2)C(c2ccccc2OCC2COC2)CN1. The lowest BCUT2D eigenvalue weighted by molar-refractivity contribution is -0.173. The molecule has 3 fully saturated rings. The van der Waals surface area contributed by atoms with E-state index in [1.165, 1.54) is 29.2 Å². The Morgan fingerprint density at radius 1 is 1.08 bits per heavy atom. The number of likely N-dealkylation sites (tertiary alicyclic amines) is 1. The summed E-state index contributed by atoms with van der Waals surface area (Å²) in [5.74, 6) is -2.15. The molecule has 2 aromatic carbocycles. The summed E-state index contributed by atoms with van der Waals surface area (Å²) in [6.07, 6.45) is -3.53. The van der Waals surface area contributed by atoms with Crippen LogP contribution in [0, 0.1) is 11.3 Å². The zero-order valence-corrected chi connectivity index (χ0v) is 20.5. The molecule has 3 saturated heterocycles. The van der Waals surface area contributed by atoms with Gasteiger partial charge in [0.05, 0.1) is 19.8 Å². The number of halogens is 3. The van der Waals surface area contributed by atoms with Gasteiger partial charge in [0.15, 0.2) is 5.92 Å². The largest absolute Gasteiger partial charge is 0.493 e. The van der Waals surface area contributed by atoms with Crippen molar-refractivity contribution < 1.29 is 32.2 Å². The van der Waals surface area contributed by atoms with Gasteiger partial charge >= 0.3 is 6.18 Å². The zero-order chi connectivity index (χ0) is 26.0. The molecule has 0 bridgehead atoms. The van der Waals surface area contributed by atoms with Crippen LogP contribution in [0.4, 0.5) is 13.2 Å². The Kier molecular flexibility index (Phi) is 7.16. The van der Waals surface area contributed by atoms with Crippen LogP contribution in [-0.4, -0.2) is 62.3 Å². The van der Waals surface area contributed by atoms with Crippen LogP contribution in [0.25, 0.3) is 0 Å². The Morgan fingerprint density at radius 3 is 2.41 bits per heavy atom. The number of carbonyl (C=O) groups is 2. The second-order valence-electron chi connectivity index (χ2n) is 10.4. The van der Waals surface area contributed by atoms with E-state index >= 15 is 0 Å². The Hall–Kier alpha value is -3.07. The molecular formula is C28H31F3N2O4. The van der Waals surface area contributed by atoms with Crippen LogP contribution >= 0.6 is 0 Å². The van der Waals surface area contributed by atoms with Crippen LogP contribution in [-0.2, 0) is 14.3 Å². The number of benzene rings is 2. The highest BCUT2D eigenvalue weighted by atomic mass is 19.4. The average Bonchev–Trinajstić information content (AvgIpc) is 2.84. The molecule has 2 atom stereocenters. The third-order valence-electron chi connectivity index (χ3n) is 8.01. The summed E-state index contributed by atoms with van der Waals surface area (Å²) in [6, 6.07) is 15.1. The number of piperidine rings is 2. The monoisotopic (exact) mass is 516 g/mol. The van der Waals surface area contributed by atoms with Gasteiger partial charge in [-0.3, -0.25) is 9.59 Å². The van der Waals surface area contributed by atoms with E-state index < -0.39 is 23.4 Å². The topological polar surface area (TPSA) is 67.9 Å². The standard InChI is InChI=1S/C28H31F3N2O4/c29-28(30,31)25(20-6-2-1-3-7-20)26(35)33-12-10-27(11-13-33)14-24(34)32-15-22(27)21-8-4-5-9-23(21)37-18-19-16-36-17-19/h1-9,19,22,25H,10-18H2,(H,32,34)/t22?,25-/m0/s1. The molecule has 1 N–H and O–H groups in total. The van der Waals surface area contributed by atoms with Crippen LogP contribution in [0.15, 0.2) is 54.6 Å². The molecule has 1 spiro atoms. The molecule has 9 heteroatoms. The Bertz CT molecular complexity index is 1110. The smallest absolute Gasteiger partial charge is 0.404 e. The fourth-order valence-corrected chi connectivity index (χ4v) is 5.86. The van der Waals surface area contributed by atoms with Crippen LogP contribution < -0.4 is 10.1 Å². The van der Waals surface area contributed by atoms with E-state index in [1.54, 1.807) is 6.07 Å². The molecule has 3 aliphatic heterocycles. The molecule has 0 radical (unpaired) electrons. The predicted octanol–water partition coefficient (Wildman–Crippen LogP) is 4.27. The lowest BCUT2D eigenvalue weighted by atomic mass is 9.62. The van der Waals surface area contributed by atoms with Gasteiger partial charge in [-0.05, 0) is 35.4 Å². The molecule has 6 nitrogen and oxygen atoms in total. The van der Waals surface area contributed by atoms with Crippen LogP contribution in [0.1, 0.15) is 42.2 Å². The van der Waals surface area contributed by atoms with E-state index in [0.29, 0.717) is 45.1 Å². The van der Waals surface area contributed by atoms with E-state index in [4.69, 9.17) is 9.47 Å². The maximum Gasteiger partial charge on any atom is 0.404 e. The van der Waals surface area contributed by atoms with Gasteiger partial charge in [-0.25, -0.2) is 0 Å². The fraction of sp³-hybridized carbons (Fsp3) is 0.500. The number of nitrogens with one attached hydrogen (secondary N) is 1. The van der Waals surface area contributed by atoms with E-state index in [2.05, 4.69) is 5.32 Å². The van der Waals surface area contributed by atoms with Crippen molar-refractivity contribution in [1.82, 2.24) is 10.2 Å². The highest BCUT2D eigenvalue weighted by Gasteiger charge is 2.51. The van der Waals surface area contributed by atoms with E-state index in [-0.39, 0.29) is 36.9 Å². The van der Waals surface area contributed by atoms with Gasteiger partial charge < -0.3 is 19.7 Å². The first-order valence-electron chi connectivity index (χ1n) is 12.7. The number of hydrogen-bond donors (Lipinski definition) is 1. The maximum atomic E-state index is 14.0. The Labute approximate surface area is 214 Å². The number of hydrogen-bond acceptors (Lipinski definition) is 4. The summed E-state index contributed by atoms with van der Waals surface area (Å²) in [5, 5.41) is 2.97. The molecule has 37 heavy (non-hydrogen) atoms. The van der Waals surface area contributed by atoms with Crippen molar-refractivity contribution in [3.05, 3.63) is 65.7 Å². The zero-order valence-electron chi connectivity index (χ0n) is 20.5. The van der Waals surface area contributed by atoms with Crippen LogP contribution in [0.5, 0.6) is 5.75 Å². The summed E-state index contributed by atoms with van der Waals surface area (Å²) >= 11 is 0. The predicted molar refractivity (Wildman–Crippen MR) is 130 cm³/mol. The summed E-state index contributed by atoms with van der Waals surface area (Å²) in [7, 11) is 0. The van der Waals surface area contributed by atoms with Gasteiger partial charge in [0.25, 0.3) is 0 Å². The van der Waals surface area contributed by atoms with Crippen molar-refractivity contribution in [2.75, 3.05) is 39.5 Å². The van der Waals surface area contributed by atoms with Crippen molar-refractivity contribution >= 4 is 11.8 Å². The third-order valence-corrected chi connectivity index (χ3v) is 8.01. The molecule has 0 aliphatic carbocycles. The van der Waals surface area contributed by atoms with Gasteiger partial charge in [0.1, 0.15) is 5.75 Å². The minimum atomic E-state index is -4.69. The number of carbonyl (C=O) groups excluding carboxylic acids is 2. The molecule has 0 aromatic heterocycles. The van der Waals surface area contributed by atoms with Crippen molar-refractivity contribution in [3.8, 4) is 5.75 Å². The first kappa shape index (κ1) is 25.6. The van der Waals surface area contributed by atoms with E-state index in [0.717, 1.165) is 11.3 Å². The van der Waals surface area contributed by atoms with Gasteiger partial charge in [-0.1, -0.05) is 48.5 Å². The number of para-hydroxylation sites is 1. The summed E-state index contributed by atoms with van der Waals surface area (Å²) in [4.78, 5) is 27.0. The Balaban J connectivity index is 1.35. The van der Waals surface area contributed by atoms with Crippen molar-refractivity contribution in [1.29, 1.82) is 0 Å². The number of rotatable bonds is 6. The molecule has 2 aromatic rings. The minimum Gasteiger partial charge on any atom is -0.493 e. The third kappa shape index (κ3) is 5.32. The molecule has 3 aliphatic rings. The lowest BCUT2D eigenvalue weighted by Crippen LogP contribution is -2.54. The van der Waals surface area contributed by atoms with Gasteiger partial charge in [-0.15, -0.1) is 0 Å². The van der Waals surface area contributed by atoms with Crippen molar-refractivity contribution in [2.24, 2.45) is 11.3 Å². The van der Waals surface area contributed by atoms with Crippen molar-refractivity contribution in [2.45, 2.75) is 37.3 Å². The van der Waals surface area contributed by atoms with E-state index in [1.807, 2.05) is 24.3 Å².